The van der Waals surface area contributed by atoms with Gasteiger partial charge in [-0.25, -0.2) is 24.2 Å². The molecule has 0 spiro atoms. The summed E-state index contributed by atoms with van der Waals surface area (Å²) in [6, 6.07) is 8.31. The number of likely N-dealkylation sites (tertiary alicyclic amines) is 1. The van der Waals surface area contributed by atoms with Crippen molar-refractivity contribution in [2.24, 2.45) is 0 Å². The summed E-state index contributed by atoms with van der Waals surface area (Å²) < 4.78 is 13.0. The Bertz CT molecular complexity index is 1310. The van der Waals surface area contributed by atoms with Crippen LogP contribution in [0.2, 0.25) is 0 Å². The number of fused-ring (bicyclic) bond motifs is 2. The average Bonchev–Trinajstić information content (AvgIpc) is 3.19. The van der Waals surface area contributed by atoms with Crippen LogP contribution in [0.4, 0.5) is 4.79 Å². The maximum atomic E-state index is 11.5. The molecule has 152 valence electrons. The lowest BCUT2D eigenvalue weighted by molar-refractivity contribution is 0.124. The number of amides is 1. The Morgan fingerprint density at radius 3 is 2.77 bits per heavy atom. The van der Waals surface area contributed by atoms with E-state index in [0.29, 0.717) is 54.2 Å². The second-order valence-corrected chi connectivity index (χ2v) is 7.06. The van der Waals surface area contributed by atoms with E-state index >= 15 is 0 Å². The lowest BCUT2D eigenvalue weighted by atomic mass is 10.1. The Morgan fingerprint density at radius 2 is 1.97 bits per heavy atom. The first kappa shape index (κ1) is 18.1. The Morgan fingerprint density at radius 1 is 1.17 bits per heavy atom. The molecule has 4 heterocycles. The SMILES string of the molecule is O=C(O)N1CCC(n2ncc3c(Oc4ccc5ccc(=O)oc5c4)ncnc32)CC1. The van der Waals surface area contributed by atoms with E-state index in [0.717, 1.165) is 5.39 Å². The first-order chi connectivity index (χ1) is 14.6. The minimum absolute atomic E-state index is 0.0517. The van der Waals surface area contributed by atoms with Crippen LogP contribution in [0.5, 0.6) is 11.6 Å². The lowest BCUT2D eigenvalue weighted by Crippen LogP contribution is -2.38. The predicted molar refractivity (Wildman–Crippen MR) is 106 cm³/mol. The van der Waals surface area contributed by atoms with Gasteiger partial charge in [-0.1, -0.05) is 0 Å². The van der Waals surface area contributed by atoms with Gasteiger partial charge in [0.1, 0.15) is 23.0 Å². The Hall–Kier alpha value is -3.95. The Labute approximate surface area is 169 Å². The van der Waals surface area contributed by atoms with Gasteiger partial charge in [0, 0.05) is 30.6 Å². The first-order valence-corrected chi connectivity index (χ1v) is 9.46. The van der Waals surface area contributed by atoms with Crippen LogP contribution in [-0.4, -0.2) is 48.9 Å². The molecule has 1 amide bonds. The van der Waals surface area contributed by atoms with Crippen LogP contribution >= 0.6 is 0 Å². The highest BCUT2D eigenvalue weighted by molar-refractivity contribution is 5.81. The highest BCUT2D eigenvalue weighted by Crippen LogP contribution is 2.31. The van der Waals surface area contributed by atoms with Gasteiger partial charge in [-0.05, 0) is 31.0 Å². The van der Waals surface area contributed by atoms with Gasteiger partial charge in [0.05, 0.1) is 12.2 Å². The van der Waals surface area contributed by atoms with Crippen LogP contribution in [0.3, 0.4) is 0 Å². The third kappa shape index (κ3) is 3.21. The maximum absolute atomic E-state index is 11.5. The number of carbonyl (C=O) groups is 1. The fraction of sp³-hybridized carbons (Fsp3) is 0.250. The van der Waals surface area contributed by atoms with Crippen molar-refractivity contribution in [3.05, 3.63) is 53.3 Å². The van der Waals surface area contributed by atoms with Gasteiger partial charge >= 0.3 is 11.7 Å². The Kier molecular flexibility index (Phi) is 4.31. The quantitative estimate of drug-likeness (QED) is 0.514. The summed E-state index contributed by atoms with van der Waals surface area (Å²) in [5.41, 5.74) is 0.617. The molecule has 1 aliphatic heterocycles. The summed E-state index contributed by atoms with van der Waals surface area (Å²) in [5.74, 6) is 0.811. The van der Waals surface area contributed by atoms with E-state index in [4.69, 9.17) is 14.3 Å². The van der Waals surface area contributed by atoms with Crippen molar-refractivity contribution in [2.45, 2.75) is 18.9 Å². The smallest absolute Gasteiger partial charge is 0.407 e. The third-order valence-corrected chi connectivity index (χ3v) is 5.24. The van der Waals surface area contributed by atoms with Gasteiger partial charge in [-0.3, -0.25) is 0 Å². The molecule has 0 unspecified atom stereocenters. The van der Waals surface area contributed by atoms with Gasteiger partial charge in [0.15, 0.2) is 5.65 Å². The molecule has 1 aromatic carbocycles. The van der Waals surface area contributed by atoms with Crippen LogP contribution < -0.4 is 10.4 Å². The van der Waals surface area contributed by atoms with Crippen LogP contribution in [0, 0.1) is 0 Å². The van der Waals surface area contributed by atoms with E-state index < -0.39 is 11.7 Å². The van der Waals surface area contributed by atoms with Crippen LogP contribution in [0.25, 0.3) is 22.0 Å². The molecule has 0 atom stereocenters. The molecule has 4 aromatic rings. The molecule has 10 nitrogen and oxygen atoms in total. The predicted octanol–water partition coefficient (Wildman–Crippen LogP) is 3.04. The fourth-order valence-electron chi connectivity index (χ4n) is 3.71. The number of benzene rings is 1. The minimum Gasteiger partial charge on any atom is -0.465 e. The van der Waals surface area contributed by atoms with Crippen molar-refractivity contribution in [3.8, 4) is 11.6 Å². The number of hydrogen-bond donors (Lipinski definition) is 1. The molecule has 0 radical (unpaired) electrons. The van der Waals surface area contributed by atoms with Crippen molar-refractivity contribution in [1.29, 1.82) is 0 Å². The maximum Gasteiger partial charge on any atom is 0.407 e. The topological polar surface area (TPSA) is 124 Å². The molecule has 10 heteroatoms. The van der Waals surface area contributed by atoms with Crippen molar-refractivity contribution in [2.75, 3.05) is 13.1 Å². The van der Waals surface area contributed by atoms with Crippen molar-refractivity contribution >= 4 is 28.1 Å². The number of nitrogens with zero attached hydrogens (tertiary/aromatic N) is 5. The molecule has 1 aliphatic rings. The molecule has 5 rings (SSSR count). The fourth-order valence-corrected chi connectivity index (χ4v) is 3.71. The summed E-state index contributed by atoms with van der Waals surface area (Å²) >= 11 is 0. The summed E-state index contributed by atoms with van der Waals surface area (Å²) in [6.07, 6.45) is 3.47. The van der Waals surface area contributed by atoms with E-state index in [2.05, 4.69) is 15.1 Å². The highest BCUT2D eigenvalue weighted by atomic mass is 16.5. The van der Waals surface area contributed by atoms with E-state index in [1.54, 1.807) is 30.5 Å². The number of carboxylic acid groups (broad SMARTS) is 1. The number of ether oxygens (including phenoxy) is 1. The second kappa shape index (κ2) is 7.14. The van der Waals surface area contributed by atoms with E-state index in [-0.39, 0.29) is 6.04 Å². The van der Waals surface area contributed by atoms with Gasteiger partial charge in [-0.2, -0.15) is 5.10 Å². The van der Waals surface area contributed by atoms with Crippen molar-refractivity contribution in [1.82, 2.24) is 24.6 Å². The molecule has 1 N–H and O–H groups in total. The number of piperidine rings is 1. The third-order valence-electron chi connectivity index (χ3n) is 5.24. The monoisotopic (exact) mass is 407 g/mol. The average molecular weight is 407 g/mol. The summed E-state index contributed by atoms with van der Waals surface area (Å²) in [7, 11) is 0. The van der Waals surface area contributed by atoms with Crippen LogP contribution in [0.15, 0.2) is 52.1 Å². The first-order valence-electron chi connectivity index (χ1n) is 9.46. The number of hydrogen-bond acceptors (Lipinski definition) is 7. The molecule has 1 saturated heterocycles. The zero-order valence-electron chi connectivity index (χ0n) is 15.8. The molecule has 30 heavy (non-hydrogen) atoms. The zero-order valence-corrected chi connectivity index (χ0v) is 15.8. The van der Waals surface area contributed by atoms with Gasteiger partial charge in [0.25, 0.3) is 0 Å². The summed E-state index contributed by atoms with van der Waals surface area (Å²) in [5, 5.41) is 15.0. The number of rotatable bonds is 3. The largest absolute Gasteiger partial charge is 0.465 e. The van der Waals surface area contributed by atoms with Gasteiger partial charge in [-0.15, -0.1) is 0 Å². The minimum atomic E-state index is -0.900. The van der Waals surface area contributed by atoms with Crippen molar-refractivity contribution in [3.63, 3.8) is 0 Å². The molecule has 1 fully saturated rings. The normalized spacial score (nSPS) is 15.0. The molecular formula is C20H17N5O5. The standard InChI is InChI=1S/C20H17N5O5/c26-17-4-2-12-1-3-14(9-16(12)30-17)29-19-15-10-23-25(18(15)21-11-22-19)13-5-7-24(8-6-13)20(27)28/h1-4,9-11,13H,5-8H2,(H,27,28). The van der Waals surface area contributed by atoms with E-state index in [9.17, 15) is 9.59 Å². The molecule has 0 aliphatic carbocycles. The molecule has 0 saturated carbocycles. The van der Waals surface area contributed by atoms with Crippen molar-refractivity contribution < 1.29 is 19.1 Å². The number of aromatic nitrogens is 4. The molecule has 0 bridgehead atoms. The molecular weight excluding hydrogens is 390 g/mol. The van der Waals surface area contributed by atoms with Gasteiger partial charge < -0.3 is 19.2 Å². The molecule has 3 aromatic heterocycles. The second-order valence-electron chi connectivity index (χ2n) is 7.06. The van der Waals surface area contributed by atoms with Crippen LogP contribution in [0.1, 0.15) is 18.9 Å². The van der Waals surface area contributed by atoms with Gasteiger partial charge in [0.2, 0.25) is 5.88 Å². The lowest BCUT2D eigenvalue weighted by Gasteiger charge is -2.30. The summed E-state index contributed by atoms with van der Waals surface area (Å²) in [6.45, 7) is 0.913. The Balaban J connectivity index is 1.44. The summed E-state index contributed by atoms with van der Waals surface area (Å²) in [4.78, 5) is 32.6. The highest BCUT2D eigenvalue weighted by Gasteiger charge is 2.26. The van der Waals surface area contributed by atoms with E-state index in [1.165, 1.54) is 17.3 Å². The van der Waals surface area contributed by atoms with Crippen LogP contribution in [-0.2, 0) is 0 Å². The van der Waals surface area contributed by atoms with E-state index in [1.807, 2.05) is 4.68 Å². The zero-order chi connectivity index (χ0) is 20.7.